The monoisotopic (exact) mass is 287 g/mol. The molecule has 1 aliphatic carbocycles. The van der Waals surface area contributed by atoms with E-state index in [0.29, 0.717) is 5.56 Å². The van der Waals surface area contributed by atoms with Crippen molar-refractivity contribution in [1.82, 2.24) is 4.72 Å². The minimum absolute atomic E-state index is 0.0726. The zero-order valence-corrected chi connectivity index (χ0v) is 11.7. The van der Waals surface area contributed by atoms with Crippen molar-refractivity contribution in [3.8, 4) is 0 Å². The SMILES string of the molecule is COCCS(=O)(=O)NCC1(c2ccccc2F)CC1. The van der Waals surface area contributed by atoms with Gasteiger partial charge in [-0.2, -0.15) is 0 Å². The van der Waals surface area contributed by atoms with Crippen LogP contribution in [0.1, 0.15) is 18.4 Å². The summed E-state index contributed by atoms with van der Waals surface area (Å²) in [5.74, 6) is -0.340. The summed E-state index contributed by atoms with van der Waals surface area (Å²) >= 11 is 0. The minimum Gasteiger partial charge on any atom is -0.384 e. The highest BCUT2D eigenvalue weighted by Gasteiger charge is 2.46. The average Bonchev–Trinajstić information content (AvgIpc) is 3.16. The van der Waals surface area contributed by atoms with Gasteiger partial charge in [0.05, 0.1) is 12.4 Å². The number of rotatable bonds is 7. The Morgan fingerprint density at radius 1 is 1.37 bits per heavy atom. The number of hydrogen-bond acceptors (Lipinski definition) is 3. The van der Waals surface area contributed by atoms with Crippen LogP contribution >= 0.6 is 0 Å². The van der Waals surface area contributed by atoms with E-state index in [1.807, 2.05) is 0 Å². The van der Waals surface area contributed by atoms with E-state index >= 15 is 0 Å². The topological polar surface area (TPSA) is 55.4 Å². The van der Waals surface area contributed by atoms with Crippen LogP contribution in [0.15, 0.2) is 24.3 Å². The molecule has 0 aliphatic heterocycles. The van der Waals surface area contributed by atoms with Gasteiger partial charge in [-0.15, -0.1) is 0 Å². The molecule has 19 heavy (non-hydrogen) atoms. The smallest absolute Gasteiger partial charge is 0.213 e. The first-order chi connectivity index (χ1) is 8.99. The standard InChI is InChI=1S/C13H18FNO3S/c1-18-8-9-19(16,17)15-10-13(6-7-13)11-4-2-3-5-12(11)14/h2-5,15H,6-10H2,1H3. The molecule has 6 heteroatoms. The van der Waals surface area contributed by atoms with Crippen molar-refractivity contribution in [2.75, 3.05) is 26.0 Å². The molecule has 1 aromatic rings. The number of halogens is 1. The van der Waals surface area contributed by atoms with Crippen LogP contribution in [-0.4, -0.2) is 34.4 Å². The molecule has 0 unspecified atom stereocenters. The summed E-state index contributed by atoms with van der Waals surface area (Å²) < 4.78 is 44.4. The number of hydrogen-bond donors (Lipinski definition) is 1. The Labute approximate surface area is 113 Å². The fourth-order valence-corrected chi connectivity index (χ4v) is 3.12. The molecule has 0 spiro atoms. The Balaban J connectivity index is 2.02. The minimum atomic E-state index is -3.36. The lowest BCUT2D eigenvalue weighted by atomic mass is 9.96. The number of sulfonamides is 1. The Hall–Kier alpha value is -0.980. The molecule has 0 saturated heterocycles. The predicted octanol–water partition coefficient (Wildman–Crippen LogP) is 1.42. The number of methoxy groups -OCH3 is 1. The van der Waals surface area contributed by atoms with E-state index in [1.165, 1.54) is 13.2 Å². The Kier molecular flexibility index (Phi) is 4.23. The molecule has 2 rings (SSSR count). The lowest BCUT2D eigenvalue weighted by Gasteiger charge is -2.17. The van der Waals surface area contributed by atoms with Gasteiger partial charge in [0.2, 0.25) is 10.0 Å². The van der Waals surface area contributed by atoms with Crippen LogP contribution in [0.5, 0.6) is 0 Å². The number of benzene rings is 1. The first kappa shape index (κ1) is 14.4. The molecular formula is C13H18FNO3S. The molecule has 0 atom stereocenters. The quantitative estimate of drug-likeness (QED) is 0.825. The van der Waals surface area contributed by atoms with E-state index in [9.17, 15) is 12.8 Å². The van der Waals surface area contributed by atoms with Crippen LogP contribution in [0.4, 0.5) is 4.39 Å². The number of nitrogens with one attached hydrogen (secondary N) is 1. The largest absolute Gasteiger partial charge is 0.384 e. The summed E-state index contributed by atoms with van der Waals surface area (Å²) in [7, 11) is -1.90. The fourth-order valence-electron chi connectivity index (χ4n) is 2.10. The third-order valence-corrected chi connectivity index (χ3v) is 4.77. The van der Waals surface area contributed by atoms with Gasteiger partial charge in [0.15, 0.2) is 0 Å². The van der Waals surface area contributed by atoms with E-state index in [-0.39, 0.29) is 30.1 Å². The highest BCUT2D eigenvalue weighted by Crippen LogP contribution is 2.48. The van der Waals surface area contributed by atoms with Gasteiger partial charge in [-0.3, -0.25) is 0 Å². The molecule has 1 aromatic carbocycles. The average molecular weight is 287 g/mol. The van der Waals surface area contributed by atoms with Crippen molar-refractivity contribution in [2.45, 2.75) is 18.3 Å². The Morgan fingerprint density at radius 2 is 2.05 bits per heavy atom. The summed E-state index contributed by atoms with van der Waals surface area (Å²) in [4.78, 5) is 0. The van der Waals surface area contributed by atoms with Crippen LogP contribution in [-0.2, 0) is 20.2 Å². The van der Waals surface area contributed by atoms with Gasteiger partial charge in [-0.25, -0.2) is 17.5 Å². The van der Waals surface area contributed by atoms with Crippen molar-refractivity contribution >= 4 is 10.0 Å². The molecule has 0 aromatic heterocycles. The first-order valence-electron chi connectivity index (χ1n) is 6.20. The predicted molar refractivity (Wildman–Crippen MR) is 71.0 cm³/mol. The third-order valence-electron chi connectivity index (χ3n) is 3.49. The highest BCUT2D eigenvalue weighted by molar-refractivity contribution is 7.89. The summed E-state index contributed by atoms with van der Waals surface area (Å²) in [5, 5.41) is 0. The maximum atomic E-state index is 13.8. The zero-order valence-electron chi connectivity index (χ0n) is 10.9. The van der Waals surface area contributed by atoms with Crippen molar-refractivity contribution in [2.24, 2.45) is 0 Å². The fraction of sp³-hybridized carbons (Fsp3) is 0.538. The Bertz CT molecular complexity index is 541. The van der Waals surface area contributed by atoms with Crippen LogP contribution in [0, 0.1) is 5.82 Å². The zero-order chi connectivity index (χ0) is 13.9. The van der Waals surface area contributed by atoms with Gasteiger partial charge in [-0.1, -0.05) is 18.2 Å². The summed E-state index contributed by atoms with van der Waals surface area (Å²) in [5.41, 5.74) is 0.232. The molecule has 106 valence electrons. The second-order valence-electron chi connectivity index (χ2n) is 4.89. The van der Waals surface area contributed by atoms with E-state index in [2.05, 4.69) is 4.72 Å². The van der Waals surface area contributed by atoms with Crippen LogP contribution < -0.4 is 4.72 Å². The lowest BCUT2D eigenvalue weighted by molar-refractivity contribution is 0.217. The van der Waals surface area contributed by atoms with E-state index in [0.717, 1.165) is 12.8 Å². The highest BCUT2D eigenvalue weighted by atomic mass is 32.2. The van der Waals surface area contributed by atoms with Gasteiger partial charge >= 0.3 is 0 Å². The molecule has 0 radical (unpaired) electrons. The van der Waals surface area contributed by atoms with Gasteiger partial charge in [0, 0.05) is 19.1 Å². The van der Waals surface area contributed by atoms with Gasteiger partial charge in [0.25, 0.3) is 0 Å². The molecule has 1 fully saturated rings. The lowest BCUT2D eigenvalue weighted by Crippen LogP contribution is -2.35. The maximum absolute atomic E-state index is 13.8. The Morgan fingerprint density at radius 3 is 2.63 bits per heavy atom. The van der Waals surface area contributed by atoms with E-state index < -0.39 is 10.0 Å². The van der Waals surface area contributed by atoms with Crippen LogP contribution in [0.3, 0.4) is 0 Å². The van der Waals surface area contributed by atoms with E-state index in [4.69, 9.17) is 4.74 Å². The van der Waals surface area contributed by atoms with Crippen LogP contribution in [0.2, 0.25) is 0 Å². The molecule has 0 heterocycles. The summed E-state index contributed by atoms with van der Waals surface area (Å²) in [6.45, 7) is 0.405. The molecule has 0 amide bonds. The van der Waals surface area contributed by atoms with Crippen molar-refractivity contribution < 1.29 is 17.5 Å². The molecule has 4 nitrogen and oxygen atoms in total. The molecule has 0 bridgehead atoms. The van der Waals surface area contributed by atoms with Crippen LogP contribution in [0.25, 0.3) is 0 Å². The second kappa shape index (κ2) is 5.56. The second-order valence-corrected chi connectivity index (χ2v) is 6.82. The maximum Gasteiger partial charge on any atom is 0.213 e. The van der Waals surface area contributed by atoms with Crippen molar-refractivity contribution in [1.29, 1.82) is 0 Å². The van der Waals surface area contributed by atoms with Crippen molar-refractivity contribution in [3.05, 3.63) is 35.6 Å². The number of ether oxygens (including phenoxy) is 1. The molecular weight excluding hydrogens is 269 g/mol. The molecule has 1 saturated carbocycles. The first-order valence-corrected chi connectivity index (χ1v) is 7.86. The summed E-state index contributed by atoms with van der Waals surface area (Å²) in [6, 6.07) is 6.55. The van der Waals surface area contributed by atoms with Crippen molar-refractivity contribution in [3.63, 3.8) is 0 Å². The normalized spacial score (nSPS) is 17.4. The molecule has 1 N–H and O–H groups in total. The van der Waals surface area contributed by atoms with E-state index in [1.54, 1.807) is 18.2 Å². The summed E-state index contributed by atoms with van der Waals surface area (Å²) in [6.07, 6.45) is 1.61. The molecule has 1 aliphatic rings. The van der Waals surface area contributed by atoms with Gasteiger partial charge in [-0.05, 0) is 24.5 Å². The third kappa shape index (κ3) is 3.52. The van der Waals surface area contributed by atoms with Gasteiger partial charge < -0.3 is 4.74 Å². The van der Waals surface area contributed by atoms with Gasteiger partial charge in [0.1, 0.15) is 5.82 Å².